The summed E-state index contributed by atoms with van der Waals surface area (Å²) in [6.07, 6.45) is 0. The maximum absolute atomic E-state index is 10.4. The molecule has 1 N–H and O–H groups in total. The van der Waals surface area contributed by atoms with Crippen molar-refractivity contribution in [3.05, 3.63) is 29.8 Å². The summed E-state index contributed by atoms with van der Waals surface area (Å²) < 4.78 is 0. The van der Waals surface area contributed by atoms with Crippen molar-refractivity contribution in [1.82, 2.24) is 4.90 Å². The van der Waals surface area contributed by atoms with Crippen molar-refractivity contribution < 1.29 is 9.90 Å². The first-order valence-electron chi connectivity index (χ1n) is 5.18. The number of nitrogens with zero attached hydrogens (tertiary/aromatic N) is 1. The number of aliphatic carboxylic acids is 1. The highest BCUT2D eigenvalue weighted by molar-refractivity contribution is 7.99. The van der Waals surface area contributed by atoms with Crippen LogP contribution in [-0.4, -0.2) is 41.9 Å². The molecule has 0 aliphatic rings. The lowest BCUT2D eigenvalue weighted by Gasteiger charge is -2.13. The Hall–Kier alpha value is -1.00. The van der Waals surface area contributed by atoms with E-state index in [9.17, 15) is 4.79 Å². The van der Waals surface area contributed by atoms with E-state index in [0.29, 0.717) is 0 Å². The number of thioether (sulfide) groups is 1. The topological polar surface area (TPSA) is 40.5 Å². The largest absolute Gasteiger partial charge is 0.480 e. The zero-order valence-electron chi connectivity index (χ0n) is 9.64. The monoisotopic (exact) mass is 239 g/mol. The molecule has 0 atom stereocenters. The van der Waals surface area contributed by atoms with Crippen molar-refractivity contribution in [2.24, 2.45) is 0 Å². The molecule has 0 aliphatic carbocycles. The van der Waals surface area contributed by atoms with E-state index in [1.165, 1.54) is 10.5 Å². The number of rotatable bonds is 6. The van der Waals surface area contributed by atoms with E-state index in [0.717, 1.165) is 12.3 Å². The molecule has 0 saturated carbocycles. The summed E-state index contributed by atoms with van der Waals surface area (Å²) >= 11 is 1.75. The molecule has 0 bridgehead atoms. The first-order chi connectivity index (χ1) is 7.58. The van der Waals surface area contributed by atoms with Crippen molar-refractivity contribution in [1.29, 1.82) is 0 Å². The Morgan fingerprint density at radius 1 is 1.38 bits per heavy atom. The van der Waals surface area contributed by atoms with Gasteiger partial charge in [0.2, 0.25) is 0 Å². The molecule has 0 radical (unpaired) electrons. The molecule has 0 saturated heterocycles. The molecular weight excluding hydrogens is 222 g/mol. The van der Waals surface area contributed by atoms with Gasteiger partial charge in [0.1, 0.15) is 0 Å². The molecule has 88 valence electrons. The molecule has 0 aromatic heterocycles. The number of likely N-dealkylation sites (N-methyl/N-ethyl adjacent to an activating group) is 1. The van der Waals surface area contributed by atoms with Gasteiger partial charge in [0, 0.05) is 17.2 Å². The van der Waals surface area contributed by atoms with Gasteiger partial charge in [-0.05, 0) is 26.1 Å². The van der Waals surface area contributed by atoms with E-state index in [-0.39, 0.29) is 6.54 Å². The average Bonchev–Trinajstić information content (AvgIpc) is 2.20. The molecule has 0 amide bonds. The van der Waals surface area contributed by atoms with Crippen LogP contribution in [0.2, 0.25) is 0 Å². The molecule has 3 nitrogen and oxygen atoms in total. The second-order valence-corrected chi connectivity index (χ2v) is 4.96. The van der Waals surface area contributed by atoms with Gasteiger partial charge in [-0.2, -0.15) is 0 Å². The Morgan fingerprint density at radius 3 is 2.56 bits per heavy atom. The second kappa shape index (κ2) is 6.55. The van der Waals surface area contributed by atoms with Gasteiger partial charge in [0.15, 0.2) is 0 Å². The Balaban J connectivity index is 2.25. The number of benzene rings is 1. The molecule has 4 heteroatoms. The minimum atomic E-state index is -0.775. The van der Waals surface area contributed by atoms with Crippen LogP contribution in [0.5, 0.6) is 0 Å². The zero-order valence-corrected chi connectivity index (χ0v) is 10.5. The Kier molecular flexibility index (Phi) is 5.35. The van der Waals surface area contributed by atoms with E-state index in [2.05, 4.69) is 31.2 Å². The Morgan fingerprint density at radius 2 is 2.00 bits per heavy atom. The average molecular weight is 239 g/mol. The predicted octanol–water partition coefficient (Wildman–Crippen LogP) is 2.10. The number of carboxylic acids is 1. The van der Waals surface area contributed by atoms with E-state index in [1.807, 2.05) is 11.9 Å². The van der Waals surface area contributed by atoms with Gasteiger partial charge < -0.3 is 5.11 Å². The van der Waals surface area contributed by atoms with Crippen LogP contribution < -0.4 is 0 Å². The molecule has 16 heavy (non-hydrogen) atoms. The van der Waals surface area contributed by atoms with Gasteiger partial charge in [0.25, 0.3) is 0 Å². The van der Waals surface area contributed by atoms with E-state index in [4.69, 9.17) is 5.11 Å². The van der Waals surface area contributed by atoms with Crippen molar-refractivity contribution >= 4 is 17.7 Å². The quantitative estimate of drug-likeness (QED) is 0.772. The van der Waals surface area contributed by atoms with Crippen LogP contribution in [0.1, 0.15) is 5.56 Å². The van der Waals surface area contributed by atoms with Crippen molar-refractivity contribution in [3.63, 3.8) is 0 Å². The molecule has 0 aliphatic heterocycles. The van der Waals surface area contributed by atoms with Gasteiger partial charge in [-0.1, -0.05) is 17.7 Å². The summed E-state index contributed by atoms with van der Waals surface area (Å²) in [4.78, 5) is 13.5. The van der Waals surface area contributed by atoms with Gasteiger partial charge in [0.05, 0.1) is 6.54 Å². The third-order valence-electron chi connectivity index (χ3n) is 2.17. The molecule has 1 rings (SSSR count). The smallest absolute Gasteiger partial charge is 0.317 e. The summed E-state index contributed by atoms with van der Waals surface area (Å²) in [6, 6.07) is 8.36. The molecular formula is C12H17NO2S. The molecule has 0 fully saturated rings. The maximum atomic E-state index is 10.4. The van der Waals surface area contributed by atoms with Crippen LogP contribution >= 0.6 is 11.8 Å². The molecule has 0 unspecified atom stereocenters. The fourth-order valence-corrected chi connectivity index (χ4v) is 2.23. The van der Waals surface area contributed by atoms with Crippen LogP contribution in [0.3, 0.4) is 0 Å². The molecule has 1 aromatic rings. The normalized spacial score (nSPS) is 10.7. The fraction of sp³-hybridized carbons (Fsp3) is 0.417. The minimum Gasteiger partial charge on any atom is -0.480 e. The third kappa shape index (κ3) is 5.19. The van der Waals surface area contributed by atoms with Crippen LogP contribution in [0.15, 0.2) is 29.2 Å². The second-order valence-electron chi connectivity index (χ2n) is 3.79. The van der Waals surface area contributed by atoms with E-state index in [1.54, 1.807) is 11.8 Å². The third-order valence-corrected chi connectivity index (χ3v) is 3.16. The van der Waals surface area contributed by atoms with Crippen molar-refractivity contribution in [2.45, 2.75) is 11.8 Å². The van der Waals surface area contributed by atoms with Gasteiger partial charge in [-0.3, -0.25) is 9.69 Å². The van der Waals surface area contributed by atoms with Gasteiger partial charge >= 0.3 is 5.97 Å². The Labute approximate surface area is 100 Å². The number of carboxylic acid groups (broad SMARTS) is 1. The molecule has 0 heterocycles. The lowest BCUT2D eigenvalue weighted by atomic mass is 10.2. The summed E-state index contributed by atoms with van der Waals surface area (Å²) in [5.74, 6) is 0.134. The summed E-state index contributed by atoms with van der Waals surface area (Å²) in [6.45, 7) is 2.95. The number of aryl methyl sites for hydroxylation is 1. The minimum absolute atomic E-state index is 0.106. The fourth-order valence-electron chi connectivity index (χ4n) is 1.26. The van der Waals surface area contributed by atoms with Crippen molar-refractivity contribution in [2.75, 3.05) is 25.9 Å². The standard InChI is InChI=1S/C12H17NO2S/c1-10-3-5-11(6-4-10)16-8-7-13(2)9-12(14)15/h3-6H,7-9H2,1-2H3,(H,14,15). The number of carbonyl (C=O) groups is 1. The van der Waals surface area contributed by atoms with Gasteiger partial charge in [-0.25, -0.2) is 0 Å². The first kappa shape index (κ1) is 13.1. The van der Waals surface area contributed by atoms with E-state index < -0.39 is 5.97 Å². The van der Waals surface area contributed by atoms with Crippen LogP contribution in [0.4, 0.5) is 0 Å². The highest BCUT2D eigenvalue weighted by Gasteiger charge is 2.03. The first-order valence-corrected chi connectivity index (χ1v) is 6.16. The van der Waals surface area contributed by atoms with Gasteiger partial charge in [-0.15, -0.1) is 11.8 Å². The SMILES string of the molecule is Cc1ccc(SCCN(C)CC(=O)O)cc1. The summed E-state index contributed by atoms with van der Waals surface area (Å²) in [7, 11) is 1.82. The summed E-state index contributed by atoms with van der Waals surface area (Å²) in [5, 5.41) is 8.58. The number of hydrogen-bond acceptors (Lipinski definition) is 3. The molecule has 0 spiro atoms. The highest BCUT2D eigenvalue weighted by atomic mass is 32.2. The lowest BCUT2D eigenvalue weighted by molar-refractivity contribution is -0.137. The highest BCUT2D eigenvalue weighted by Crippen LogP contribution is 2.17. The summed E-state index contributed by atoms with van der Waals surface area (Å²) in [5.41, 5.74) is 1.26. The van der Waals surface area contributed by atoms with Crippen LogP contribution in [0.25, 0.3) is 0 Å². The predicted molar refractivity (Wildman–Crippen MR) is 67.0 cm³/mol. The van der Waals surface area contributed by atoms with Crippen molar-refractivity contribution in [3.8, 4) is 0 Å². The van der Waals surface area contributed by atoms with E-state index >= 15 is 0 Å². The number of hydrogen-bond donors (Lipinski definition) is 1. The van der Waals surface area contributed by atoms with Crippen LogP contribution in [-0.2, 0) is 4.79 Å². The lowest BCUT2D eigenvalue weighted by Crippen LogP contribution is -2.27. The zero-order chi connectivity index (χ0) is 12.0. The van der Waals surface area contributed by atoms with Crippen LogP contribution in [0, 0.1) is 6.92 Å². The molecule has 1 aromatic carbocycles. The maximum Gasteiger partial charge on any atom is 0.317 e. The Bertz CT molecular complexity index is 337.